The number of carboxylic acids is 1. The zero-order valence-electron chi connectivity index (χ0n) is 7.66. The first kappa shape index (κ1) is 13.1. The Bertz CT molecular complexity index is 95.5. The van der Waals surface area contributed by atoms with Crippen molar-refractivity contribution in [3.63, 3.8) is 0 Å². The Morgan fingerprint density at radius 3 is 1.73 bits per heavy atom. The summed E-state index contributed by atoms with van der Waals surface area (Å²) in [6.07, 6.45) is 0.775. The van der Waals surface area contributed by atoms with E-state index in [9.17, 15) is 0 Å². The van der Waals surface area contributed by atoms with Gasteiger partial charge in [-0.15, -0.1) is 0 Å². The van der Waals surface area contributed by atoms with Crippen molar-refractivity contribution < 1.29 is 15.0 Å². The molecule has 0 amide bonds. The highest BCUT2D eigenvalue weighted by Gasteiger charge is 2.03. The van der Waals surface area contributed by atoms with Gasteiger partial charge in [0.15, 0.2) is 0 Å². The Kier molecular flexibility index (Phi) is 8.94. The molecule has 0 bridgehead atoms. The van der Waals surface area contributed by atoms with E-state index in [4.69, 9.17) is 15.0 Å². The second-order valence-electron chi connectivity index (χ2n) is 2.74. The van der Waals surface area contributed by atoms with Gasteiger partial charge in [-0.3, -0.25) is 4.79 Å². The van der Waals surface area contributed by atoms with Gasteiger partial charge >= 0.3 is 0 Å². The molecule has 0 rings (SSSR count). The summed E-state index contributed by atoms with van der Waals surface area (Å²) in [6, 6.07) is 0. The minimum Gasteiger partial charge on any atom is -0.481 e. The van der Waals surface area contributed by atoms with Crippen LogP contribution in [0.3, 0.4) is 0 Å². The third kappa shape index (κ3) is 17.7. The fourth-order valence-corrected chi connectivity index (χ4v) is 0.471. The molecule has 0 heterocycles. The number of hydrogen-bond donors (Lipinski definition) is 2. The fourth-order valence-electron chi connectivity index (χ4n) is 0.471. The molecule has 0 aromatic heterocycles. The van der Waals surface area contributed by atoms with Gasteiger partial charge in [-0.05, 0) is 12.3 Å². The van der Waals surface area contributed by atoms with Gasteiger partial charge in [0.1, 0.15) is 0 Å². The van der Waals surface area contributed by atoms with Crippen molar-refractivity contribution in [2.24, 2.45) is 5.92 Å². The number of hydrogen-bond acceptors (Lipinski definition) is 2. The maximum Gasteiger partial charge on any atom is 0.300 e. The van der Waals surface area contributed by atoms with Crippen molar-refractivity contribution in [2.75, 3.05) is 0 Å². The van der Waals surface area contributed by atoms with Crippen LogP contribution in [0.25, 0.3) is 0 Å². The Hall–Kier alpha value is -0.570. The van der Waals surface area contributed by atoms with Gasteiger partial charge < -0.3 is 10.2 Å². The molecule has 0 aliphatic heterocycles. The lowest BCUT2D eigenvalue weighted by atomic mass is 10.1. The average Bonchev–Trinajstić information content (AvgIpc) is 1.85. The van der Waals surface area contributed by atoms with E-state index in [2.05, 4.69) is 0 Å². The molecule has 0 radical (unpaired) electrons. The van der Waals surface area contributed by atoms with Crippen LogP contribution in [0.1, 0.15) is 34.1 Å². The van der Waals surface area contributed by atoms with Gasteiger partial charge in [0.2, 0.25) is 0 Å². The summed E-state index contributed by atoms with van der Waals surface area (Å²) >= 11 is 0. The van der Waals surface area contributed by atoms with Crippen LogP contribution in [0.4, 0.5) is 0 Å². The highest BCUT2D eigenvalue weighted by atomic mass is 16.4. The number of aliphatic hydroxyl groups excluding tert-OH is 1. The van der Waals surface area contributed by atoms with Crippen LogP contribution >= 0.6 is 0 Å². The van der Waals surface area contributed by atoms with E-state index in [0.29, 0.717) is 5.92 Å². The van der Waals surface area contributed by atoms with Crippen molar-refractivity contribution in [1.29, 1.82) is 0 Å². The first-order valence-corrected chi connectivity index (χ1v) is 3.79. The Balaban J connectivity index is 0. The summed E-state index contributed by atoms with van der Waals surface area (Å²) in [5.74, 6) is -0.412. The molecule has 0 saturated heterocycles. The zero-order valence-corrected chi connectivity index (χ0v) is 7.66. The highest BCUT2D eigenvalue weighted by Crippen LogP contribution is 2.02. The van der Waals surface area contributed by atoms with E-state index in [1.807, 2.05) is 20.8 Å². The third-order valence-corrected chi connectivity index (χ3v) is 1.19. The van der Waals surface area contributed by atoms with E-state index in [1.54, 1.807) is 0 Å². The molecule has 0 aromatic carbocycles. The molecular weight excluding hydrogens is 144 g/mol. The largest absolute Gasteiger partial charge is 0.481 e. The molecule has 0 saturated carbocycles. The van der Waals surface area contributed by atoms with Crippen LogP contribution in [0.2, 0.25) is 0 Å². The standard InChI is InChI=1S/C6H14O.C2H4O2/c1-4-6(7)5(2)3;1-2(3)4/h5-7H,4H2,1-3H3;1H3,(H,3,4)/t6-;/m0./s1. The van der Waals surface area contributed by atoms with Crippen LogP contribution in [0.5, 0.6) is 0 Å². The van der Waals surface area contributed by atoms with E-state index in [1.165, 1.54) is 0 Å². The van der Waals surface area contributed by atoms with Gasteiger partial charge in [0.25, 0.3) is 5.97 Å². The smallest absolute Gasteiger partial charge is 0.300 e. The summed E-state index contributed by atoms with van der Waals surface area (Å²) in [4.78, 5) is 9.00. The summed E-state index contributed by atoms with van der Waals surface area (Å²) in [5, 5.41) is 16.4. The molecule has 0 spiro atoms. The van der Waals surface area contributed by atoms with Gasteiger partial charge in [0.05, 0.1) is 6.10 Å². The number of aliphatic carboxylic acids is 1. The molecule has 0 fully saturated rings. The quantitative estimate of drug-likeness (QED) is 0.647. The van der Waals surface area contributed by atoms with Crippen molar-refractivity contribution in [1.82, 2.24) is 0 Å². The van der Waals surface area contributed by atoms with Crippen molar-refractivity contribution >= 4 is 5.97 Å². The zero-order chi connectivity index (χ0) is 9.44. The predicted molar refractivity (Wildman–Crippen MR) is 44.4 cm³/mol. The molecule has 1 atom stereocenters. The SMILES string of the molecule is CC(=O)O.CC[C@H](O)C(C)C. The second kappa shape index (κ2) is 7.54. The van der Waals surface area contributed by atoms with Gasteiger partial charge in [-0.2, -0.15) is 0 Å². The van der Waals surface area contributed by atoms with Crippen LogP contribution in [-0.2, 0) is 4.79 Å². The Labute approximate surface area is 68.0 Å². The molecule has 3 nitrogen and oxygen atoms in total. The topological polar surface area (TPSA) is 57.5 Å². The monoisotopic (exact) mass is 162 g/mol. The summed E-state index contributed by atoms with van der Waals surface area (Å²) in [5.41, 5.74) is 0. The second-order valence-corrected chi connectivity index (χ2v) is 2.74. The van der Waals surface area contributed by atoms with Crippen LogP contribution in [0, 0.1) is 5.92 Å². The summed E-state index contributed by atoms with van der Waals surface area (Å²) in [7, 11) is 0. The lowest BCUT2D eigenvalue weighted by Gasteiger charge is -2.09. The third-order valence-electron chi connectivity index (χ3n) is 1.19. The highest BCUT2D eigenvalue weighted by molar-refractivity contribution is 5.62. The lowest BCUT2D eigenvalue weighted by Crippen LogP contribution is -2.11. The van der Waals surface area contributed by atoms with Crippen LogP contribution < -0.4 is 0 Å². The van der Waals surface area contributed by atoms with Gasteiger partial charge in [-0.1, -0.05) is 20.8 Å². The lowest BCUT2D eigenvalue weighted by molar-refractivity contribution is -0.134. The molecular formula is C8H18O3. The molecule has 68 valence electrons. The molecule has 0 aliphatic carbocycles. The molecule has 3 heteroatoms. The molecule has 0 aliphatic rings. The minimum absolute atomic E-state index is 0.0972. The summed E-state index contributed by atoms with van der Waals surface area (Å²) in [6.45, 7) is 7.12. The molecule has 0 unspecified atom stereocenters. The molecule has 2 N–H and O–H groups in total. The number of carbonyl (C=O) groups is 1. The number of rotatable bonds is 2. The molecule has 0 aromatic rings. The fraction of sp³-hybridized carbons (Fsp3) is 0.875. The summed E-state index contributed by atoms with van der Waals surface area (Å²) < 4.78 is 0. The van der Waals surface area contributed by atoms with Gasteiger partial charge in [-0.25, -0.2) is 0 Å². The average molecular weight is 162 g/mol. The first-order chi connectivity index (χ1) is 4.91. The van der Waals surface area contributed by atoms with E-state index in [-0.39, 0.29) is 6.10 Å². The maximum absolute atomic E-state index is 9.00. The predicted octanol–water partition coefficient (Wildman–Crippen LogP) is 1.50. The van der Waals surface area contributed by atoms with E-state index < -0.39 is 5.97 Å². The first-order valence-electron chi connectivity index (χ1n) is 3.79. The Morgan fingerprint density at radius 2 is 1.73 bits per heavy atom. The van der Waals surface area contributed by atoms with Crippen molar-refractivity contribution in [3.05, 3.63) is 0 Å². The van der Waals surface area contributed by atoms with Crippen LogP contribution in [0.15, 0.2) is 0 Å². The van der Waals surface area contributed by atoms with E-state index >= 15 is 0 Å². The number of aliphatic hydroxyl groups is 1. The number of carboxylic acid groups (broad SMARTS) is 1. The molecule has 11 heavy (non-hydrogen) atoms. The Morgan fingerprint density at radius 1 is 1.45 bits per heavy atom. The minimum atomic E-state index is -0.833. The van der Waals surface area contributed by atoms with Crippen LogP contribution in [-0.4, -0.2) is 22.3 Å². The van der Waals surface area contributed by atoms with Crippen molar-refractivity contribution in [3.8, 4) is 0 Å². The van der Waals surface area contributed by atoms with Crippen molar-refractivity contribution in [2.45, 2.75) is 40.2 Å². The van der Waals surface area contributed by atoms with Gasteiger partial charge in [0, 0.05) is 6.92 Å². The maximum atomic E-state index is 9.00. The van der Waals surface area contributed by atoms with E-state index in [0.717, 1.165) is 13.3 Å². The normalized spacial score (nSPS) is 11.8.